The number of carbonyl (C=O) groups excluding carboxylic acids is 1. The first-order valence-corrected chi connectivity index (χ1v) is 7.70. The maximum Gasteiger partial charge on any atom is 0.270 e. The number of halogens is 1. The summed E-state index contributed by atoms with van der Waals surface area (Å²) in [5, 5.41) is 3.85. The molecule has 0 bridgehead atoms. The Morgan fingerprint density at radius 2 is 2.12 bits per heavy atom. The van der Waals surface area contributed by atoms with Gasteiger partial charge in [-0.1, -0.05) is 17.3 Å². The van der Waals surface area contributed by atoms with E-state index in [1.54, 1.807) is 29.3 Å². The second kappa shape index (κ2) is 5.92. The number of hydrogen-bond acceptors (Lipinski definition) is 4. The van der Waals surface area contributed by atoms with Gasteiger partial charge in [-0.2, -0.15) is 4.98 Å². The molecule has 4 rings (SSSR count). The van der Waals surface area contributed by atoms with Crippen molar-refractivity contribution < 1.29 is 13.7 Å². The lowest BCUT2D eigenvalue weighted by atomic mass is 10.1. The minimum atomic E-state index is -0.282. The van der Waals surface area contributed by atoms with Crippen molar-refractivity contribution in [1.82, 2.24) is 20.0 Å². The fraction of sp³-hybridized carbons (Fsp3) is 0.235. The third kappa shape index (κ3) is 2.68. The number of carbonyl (C=O) groups is 1. The van der Waals surface area contributed by atoms with Crippen LogP contribution in [0.5, 0.6) is 0 Å². The van der Waals surface area contributed by atoms with Gasteiger partial charge in [0.25, 0.3) is 5.91 Å². The normalized spacial score (nSPS) is 17.4. The molecule has 122 valence electrons. The molecular formula is C17H15FN4O2. The molecule has 0 radical (unpaired) electrons. The van der Waals surface area contributed by atoms with Crippen molar-refractivity contribution in [2.24, 2.45) is 0 Å². The number of rotatable bonds is 3. The van der Waals surface area contributed by atoms with Gasteiger partial charge in [0.15, 0.2) is 5.82 Å². The molecule has 1 saturated heterocycles. The van der Waals surface area contributed by atoms with Crippen LogP contribution < -0.4 is 0 Å². The summed E-state index contributed by atoms with van der Waals surface area (Å²) in [6.07, 6.45) is 3.88. The van der Waals surface area contributed by atoms with Crippen molar-refractivity contribution in [3.05, 3.63) is 60.3 Å². The number of nitrogens with zero attached hydrogens (tertiary/aromatic N) is 3. The van der Waals surface area contributed by atoms with Crippen LogP contribution in [0.25, 0.3) is 11.1 Å². The zero-order valence-electron chi connectivity index (χ0n) is 12.8. The lowest BCUT2D eigenvalue weighted by molar-refractivity contribution is 0.0785. The summed E-state index contributed by atoms with van der Waals surface area (Å²) in [4.78, 5) is 21.5. The van der Waals surface area contributed by atoms with E-state index in [0.29, 0.717) is 24.6 Å². The van der Waals surface area contributed by atoms with E-state index in [1.807, 2.05) is 0 Å². The highest BCUT2D eigenvalue weighted by atomic mass is 19.1. The van der Waals surface area contributed by atoms with Crippen molar-refractivity contribution in [1.29, 1.82) is 0 Å². The largest absolute Gasteiger partial charge is 0.357 e. The predicted molar refractivity (Wildman–Crippen MR) is 83.7 cm³/mol. The van der Waals surface area contributed by atoms with Gasteiger partial charge >= 0.3 is 0 Å². The number of aromatic amines is 1. The van der Waals surface area contributed by atoms with Crippen molar-refractivity contribution in [3.8, 4) is 11.1 Å². The van der Waals surface area contributed by atoms with E-state index in [1.165, 1.54) is 18.5 Å². The summed E-state index contributed by atoms with van der Waals surface area (Å²) in [7, 11) is 0. The molecule has 2 aromatic heterocycles. The van der Waals surface area contributed by atoms with E-state index in [2.05, 4.69) is 15.1 Å². The number of H-pyrrole nitrogens is 1. The van der Waals surface area contributed by atoms with Crippen molar-refractivity contribution in [2.75, 3.05) is 13.1 Å². The first-order valence-electron chi connectivity index (χ1n) is 7.70. The highest BCUT2D eigenvalue weighted by molar-refractivity contribution is 5.94. The molecule has 0 unspecified atom stereocenters. The minimum absolute atomic E-state index is 0.0608. The van der Waals surface area contributed by atoms with E-state index >= 15 is 0 Å². The van der Waals surface area contributed by atoms with Gasteiger partial charge in [0.2, 0.25) is 6.39 Å². The fourth-order valence-electron chi connectivity index (χ4n) is 3.01. The molecule has 7 heteroatoms. The summed E-state index contributed by atoms with van der Waals surface area (Å²) in [6, 6.07) is 7.97. The Bertz CT molecular complexity index is 842. The maximum atomic E-state index is 13.0. The van der Waals surface area contributed by atoms with E-state index in [4.69, 9.17) is 4.52 Å². The molecule has 1 amide bonds. The topological polar surface area (TPSA) is 75.0 Å². The van der Waals surface area contributed by atoms with E-state index < -0.39 is 0 Å². The van der Waals surface area contributed by atoms with Gasteiger partial charge in [0.05, 0.1) is 0 Å². The molecule has 1 atom stereocenters. The molecule has 0 aliphatic carbocycles. The van der Waals surface area contributed by atoms with Gasteiger partial charge in [-0.3, -0.25) is 4.79 Å². The van der Waals surface area contributed by atoms with Gasteiger partial charge in [-0.05, 0) is 35.7 Å². The van der Waals surface area contributed by atoms with E-state index in [-0.39, 0.29) is 17.6 Å². The van der Waals surface area contributed by atoms with Crippen LogP contribution >= 0.6 is 0 Å². The number of nitrogens with one attached hydrogen (secondary N) is 1. The lowest BCUT2D eigenvalue weighted by Gasteiger charge is -2.14. The van der Waals surface area contributed by atoms with Crippen molar-refractivity contribution in [3.63, 3.8) is 0 Å². The molecule has 24 heavy (non-hydrogen) atoms. The average Bonchev–Trinajstić information content (AvgIpc) is 3.34. The predicted octanol–water partition coefficient (Wildman–Crippen LogP) is 2.83. The average molecular weight is 326 g/mol. The highest BCUT2D eigenvalue weighted by Crippen LogP contribution is 2.27. The summed E-state index contributed by atoms with van der Waals surface area (Å²) in [5.41, 5.74) is 2.23. The summed E-state index contributed by atoms with van der Waals surface area (Å²) >= 11 is 0. The van der Waals surface area contributed by atoms with Crippen molar-refractivity contribution in [2.45, 2.75) is 12.3 Å². The van der Waals surface area contributed by atoms with Gasteiger partial charge < -0.3 is 14.4 Å². The third-order valence-corrected chi connectivity index (χ3v) is 4.31. The van der Waals surface area contributed by atoms with Crippen LogP contribution in [-0.2, 0) is 0 Å². The first kappa shape index (κ1) is 14.6. The van der Waals surface area contributed by atoms with Crippen LogP contribution in [0.15, 0.2) is 47.4 Å². The number of likely N-dealkylation sites (tertiary alicyclic amines) is 1. The molecule has 1 aromatic carbocycles. The lowest BCUT2D eigenvalue weighted by Crippen LogP contribution is -2.28. The second-order valence-electron chi connectivity index (χ2n) is 5.84. The van der Waals surface area contributed by atoms with Gasteiger partial charge in [0.1, 0.15) is 11.5 Å². The Morgan fingerprint density at radius 1 is 1.29 bits per heavy atom. The molecule has 1 fully saturated rings. The molecule has 3 aromatic rings. The molecule has 0 saturated carbocycles. The van der Waals surface area contributed by atoms with Crippen LogP contribution in [0.3, 0.4) is 0 Å². The standard InChI is InChI=1S/C17H15FN4O2/c18-14-3-1-11(2-4-14)13-7-15(19-8-13)17(23)22-6-5-12(9-22)16-20-10-24-21-16/h1-4,7-8,10,12,19H,5-6,9H2/t12-/m1/s1. The zero-order chi connectivity index (χ0) is 16.5. The molecule has 1 N–H and O–H groups in total. The quantitative estimate of drug-likeness (QED) is 0.803. The molecule has 6 nitrogen and oxygen atoms in total. The number of benzene rings is 1. The van der Waals surface area contributed by atoms with Crippen LogP contribution in [0.4, 0.5) is 4.39 Å². The Hall–Kier alpha value is -2.96. The summed E-state index contributed by atoms with van der Waals surface area (Å²) in [5.74, 6) is 0.410. The highest BCUT2D eigenvalue weighted by Gasteiger charge is 2.30. The number of aromatic nitrogens is 3. The van der Waals surface area contributed by atoms with Gasteiger partial charge in [0, 0.05) is 25.2 Å². The fourth-order valence-corrected chi connectivity index (χ4v) is 3.01. The smallest absolute Gasteiger partial charge is 0.270 e. The Balaban J connectivity index is 1.48. The summed E-state index contributed by atoms with van der Waals surface area (Å²) < 4.78 is 17.8. The Kier molecular flexibility index (Phi) is 3.60. The maximum absolute atomic E-state index is 13.0. The van der Waals surface area contributed by atoms with Crippen LogP contribution in [0.2, 0.25) is 0 Å². The second-order valence-corrected chi connectivity index (χ2v) is 5.84. The molecule has 0 spiro atoms. The molecule has 3 heterocycles. The van der Waals surface area contributed by atoms with Gasteiger partial charge in [-0.15, -0.1) is 0 Å². The number of hydrogen-bond donors (Lipinski definition) is 1. The zero-order valence-corrected chi connectivity index (χ0v) is 12.8. The van der Waals surface area contributed by atoms with Crippen LogP contribution in [0.1, 0.15) is 28.7 Å². The minimum Gasteiger partial charge on any atom is -0.357 e. The molecule has 1 aliphatic rings. The van der Waals surface area contributed by atoms with E-state index in [9.17, 15) is 9.18 Å². The Morgan fingerprint density at radius 3 is 2.88 bits per heavy atom. The monoisotopic (exact) mass is 326 g/mol. The van der Waals surface area contributed by atoms with Crippen molar-refractivity contribution >= 4 is 5.91 Å². The number of amides is 1. The summed E-state index contributed by atoms with van der Waals surface area (Å²) in [6.45, 7) is 1.23. The molecular weight excluding hydrogens is 311 g/mol. The molecule has 1 aliphatic heterocycles. The van der Waals surface area contributed by atoms with Crippen LogP contribution in [-0.4, -0.2) is 39.0 Å². The van der Waals surface area contributed by atoms with Gasteiger partial charge in [-0.25, -0.2) is 4.39 Å². The third-order valence-electron chi connectivity index (χ3n) is 4.31. The SMILES string of the molecule is O=C(c1cc(-c2ccc(F)cc2)c[nH]1)N1CC[C@@H](c2ncon2)C1. The Labute approximate surface area is 137 Å². The first-order chi connectivity index (χ1) is 11.7. The van der Waals surface area contributed by atoms with E-state index in [0.717, 1.165) is 17.5 Å². The van der Waals surface area contributed by atoms with Crippen LogP contribution in [0, 0.1) is 5.82 Å².